The summed E-state index contributed by atoms with van der Waals surface area (Å²) in [5.41, 5.74) is 6.60. The van der Waals surface area contributed by atoms with Crippen molar-refractivity contribution in [2.75, 3.05) is 0 Å². The number of thiophene rings is 1. The van der Waals surface area contributed by atoms with Crippen LogP contribution in [-0.4, -0.2) is 0 Å². The van der Waals surface area contributed by atoms with Crippen LogP contribution in [0.2, 0.25) is 0 Å². The quantitative estimate of drug-likeness (QED) is 0.285. The Morgan fingerprint density at radius 2 is 1.89 bits per heavy atom. The number of fused-ring (bicyclic) bond motifs is 3. The third-order valence-corrected chi connectivity index (χ3v) is 7.88. The summed E-state index contributed by atoms with van der Waals surface area (Å²) in [4.78, 5) is 0. The molecule has 28 heavy (non-hydrogen) atoms. The Labute approximate surface area is 169 Å². The van der Waals surface area contributed by atoms with E-state index in [1.165, 1.54) is 74.5 Å². The van der Waals surface area contributed by atoms with Gasteiger partial charge in [0.15, 0.2) is 6.20 Å². The monoisotopic (exact) mass is 386 g/mol. The second-order valence-corrected chi connectivity index (χ2v) is 9.38. The molecule has 2 nitrogen and oxygen atoms in total. The zero-order chi connectivity index (χ0) is 19.0. The summed E-state index contributed by atoms with van der Waals surface area (Å²) in [6.07, 6.45) is 7.53. The van der Waals surface area contributed by atoms with E-state index in [4.69, 9.17) is 4.74 Å². The van der Waals surface area contributed by atoms with Gasteiger partial charge in [0.2, 0.25) is 5.69 Å². The maximum Gasteiger partial charge on any atom is 0.228 e. The van der Waals surface area contributed by atoms with Crippen molar-refractivity contribution < 1.29 is 9.30 Å². The summed E-state index contributed by atoms with van der Waals surface area (Å²) in [7, 11) is 2.16. The van der Waals surface area contributed by atoms with Crippen molar-refractivity contribution >= 4 is 32.2 Å². The number of hydrogen-bond donors (Lipinski definition) is 0. The van der Waals surface area contributed by atoms with Gasteiger partial charge in [-0.2, -0.15) is 0 Å². The molecule has 0 amide bonds. The smallest absolute Gasteiger partial charge is 0.228 e. The Morgan fingerprint density at radius 1 is 1.07 bits per heavy atom. The number of aromatic nitrogens is 1. The molecule has 2 aromatic carbocycles. The van der Waals surface area contributed by atoms with Crippen LogP contribution in [0.25, 0.3) is 32.1 Å². The van der Waals surface area contributed by atoms with E-state index in [2.05, 4.69) is 61.3 Å². The summed E-state index contributed by atoms with van der Waals surface area (Å²) >= 11 is 1.82. The molecule has 6 rings (SSSR count). The van der Waals surface area contributed by atoms with Gasteiger partial charge in [-0.25, -0.2) is 4.57 Å². The van der Waals surface area contributed by atoms with E-state index in [0.29, 0.717) is 5.92 Å². The molecule has 0 bridgehead atoms. The van der Waals surface area contributed by atoms with Crippen molar-refractivity contribution in [2.45, 2.75) is 45.4 Å². The molecular weight excluding hydrogens is 362 g/mol. The Morgan fingerprint density at radius 3 is 2.71 bits per heavy atom. The maximum absolute atomic E-state index is 6.69. The van der Waals surface area contributed by atoms with Crippen molar-refractivity contribution in [3.63, 3.8) is 0 Å². The molecule has 0 radical (unpaired) electrons. The van der Waals surface area contributed by atoms with Crippen LogP contribution >= 0.6 is 11.3 Å². The van der Waals surface area contributed by atoms with Gasteiger partial charge in [0.05, 0.1) is 10.9 Å². The normalized spacial score (nSPS) is 16.0. The van der Waals surface area contributed by atoms with Crippen LogP contribution in [0.15, 0.2) is 35.8 Å². The van der Waals surface area contributed by atoms with Gasteiger partial charge in [-0.05, 0) is 72.0 Å². The largest absolute Gasteiger partial charge is 0.455 e. The van der Waals surface area contributed by atoms with E-state index in [1.807, 2.05) is 11.3 Å². The number of pyridine rings is 1. The minimum atomic E-state index is 0.686. The first-order chi connectivity index (χ1) is 13.6. The predicted molar refractivity (Wildman–Crippen MR) is 117 cm³/mol. The van der Waals surface area contributed by atoms with E-state index in [-0.39, 0.29) is 0 Å². The van der Waals surface area contributed by atoms with E-state index in [1.54, 1.807) is 0 Å². The number of hydrogen-bond acceptors (Lipinski definition) is 2. The van der Waals surface area contributed by atoms with Gasteiger partial charge >= 0.3 is 0 Å². The van der Waals surface area contributed by atoms with E-state index >= 15 is 0 Å². The molecule has 0 saturated heterocycles. The lowest BCUT2D eigenvalue weighted by molar-refractivity contribution is -0.659. The minimum Gasteiger partial charge on any atom is -0.455 e. The molecule has 1 saturated carbocycles. The van der Waals surface area contributed by atoms with Gasteiger partial charge in [-0.3, -0.25) is 0 Å². The van der Waals surface area contributed by atoms with Gasteiger partial charge in [-0.1, -0.05) is 18.9 Å². The molecule has 3 heteroatoms. The molecule has 0 spiro atoms. The molecular formula is C25H24NOS+. The summed E-state index contributed by atoms with van der Waals surface area (Å²) in [5, 5.41) is 6.12. The molecule has 1 fully saturated rings. The molecule has 0 N–H and O–H groups in total. The number of ether oxygens (including phenoxy) is 1. The van der Waals surface area contributed by atoms with Crippen molar-refractivity contribution in [1.29, 1.82) is 0 Å². The molecule has 0 atom stereocenters. The van der Waals surface area contributed by atoms with Crippen LogP contribution in [0, 0.1) is 13.8 Å². The first-order valence-corrected chi connectivity index (χ1v) is 11.2. The highest BCUT2D eigenvalue weighted by molar-refractivity contribution is 7.17. The first kappa shape index (κ1) is 16.6. The molecule has 3 heterocycles. The Bertz CT molecular complexity index is 1280. The average molecular weight is 387 g/mol. The van der Waals surface area contributed by atoms with Gasteiger partial charge in [0.1, 0.15) is 18.5 Å². The van der Waals surface area contributed by atoms with Gasteiger partial charge in [0.25, 0.3) is 0 Å². The zero-order valence-corrected chi connectivity index (χ0v) is 17.5. The van der Waals surface area contributed by atoms with Crippen molar-refractivity contribution in [2.24, 2.45) is 7.05 Å². The molecule has 2 aromatic heterocycles. The number of aryl methyl sites for hydroxylation is 3. The highest BCUT2D eigenvalue weighted by Gasteiger charge is 2.33. The van der Waals surface area contributed by atoms with Crippen molar-refractivity contribution in [1.82, 2.24) is 0 Å². The fourth-order valence-electron chi connectivity index (χ4n) is 5.38. The van der Waals surface area contributed by atoms with Crippen molar-refractivity contribution in [3.05, 3.63) is 52.5 Å². The third-order valence-electron chi connectivity index (χ3n) is 6.85. The minimum absolute atomic E-state index is 0.686. The average Bonchev–Trinajstić information content (AvgIpc) is 3.40. The second kappa shape index (κ2) is 5.81. The first-order valence-electron chi connectivity index (χ1n) is 10.3. The van der Waals surface area contributed by atoms with Crippen LogP contribution in [0.3, 0.4) is 0 Å². The fraction of sp³-hybridized carbons (Fsp3) is 0.320. The molecule has 1 aliphatic carbocycles. The maximum atomic E-state index is 6.69. The molecule has 0 unspecified atom stereocenters. The van der Waals surface area contributed by atoms with Crippen LogP contribution in [0.5, 0.6) is 11.5 Å². The Kier molecular flexibility index (Phi) is 3.43. The highest BCUT2D eigenvalue weighted by Crippen LogP contribution is 2.52. The Hall–Kier alpha value is -2.39. The lowest BCUT2D eigenvalue weighted by Crippen LogP contribution is -2.32. The van der Waals surface area contributed by atoms with E-state index < -0.39 is 0 Å². The van der Waals surface area contributed by atoms with Crippen LogP contribution < -0.4 is 9.30 Å². The van der Waals surface area contributed by atoms with E-state index in [0.717, 1.165) is 11.5 Å². The molecule has 4 aromatic rings. The number of benzene rings is 2. The van der Waals surface area contributed by atoms with Gasteiger partial charge < -0.3 is 4.74 Å². The lowest BCUT2D eigenvalue weighted by atomic mass is 9.89. The van der Waals surface area contributed by atoms with Crippen LogP contribution in [0.4, 0.5) is 0 Å². The standard InChI is InChI=1S/C25H24NOS/c1-14-19-9-11-28-25(19)15(2)24-21(14)23-22-17(8-10-26(23)3)12-18(13-20(22)27-24)16-6-4-5-7-16/h8-13,16H,4-7H2,1-3H3/q+1. The van der Waals surface area contributed by atoms with Crippen LogP contribution in [-0.2, 0) is 7.05 Å². The third kappa shape index (κ3) is 2.11. The summed E-state index contributed by atoms with van der Waals surface area (Å²) in [5.74, 6) is 2.77. The SMILES string of the molecule is Cc1c2c(c(C)c3sccc13)Oc1cc(C3CCCC3)cc3cc[n+](C)c-2c13. The molecule has 2 aliphatic rings. The lowest BCUT2D eigenvalue weighted by Gasteiger charge is -2.24. The second-order valence-electron chi connectivity index (χ2n) is 8.46. The molecule has 1 aliphatic heterocycles. The Balaban J connectivity index is 1.72. The van der Waals surface area contributed by atoms with Crippen molar-refractivity contribution in [3.8, 4) is 22.8 Å². The summed E-state index contributed by atoms with van der Waals surface area (Å²) < 4.78 is 10.3. The summed E-state index contributed by atoms with van der Waals surface area (Å²) in [6, 6.07) is 9.25. The predicted octanol–water partition coefficient (Wildman–Crippen LogP) is 6.93. The number of nitrogens with zero attached hydrogens (tertiary/aromatic N) is 1. The topological polar surface area (TPSA) is 13.1 Å². The fourth-order valence-corrected chi connectivity index (χ4v) is 6.33. The zero-order valence-electron chi connectivity index (χ0n) is 16.6. The van der Waals surface area contributed by atoms with E-state index in [9.17, 15) is 0 Å². The van der Waals surface area contributed by atoms with Crippen LogP contribution in [0.1, 0.15) is 48.3 Å². The van der Waals surface area contributed by atoms with Gasteiger partial charge in [-0.15, -0.1) is 11.3 Å². The summed E-state index contributed by atoms with van der Waals surface area (Å²) in [6.45, 7) is 4.45. The highest BCUT2D eigenvalue weighted by atomic mass is 32.1. The number of rotatable bonds is 1. The molecule has 140 valence electrons. The van der Waals surface area contributed by atoms with Gasteiger partial charge in [0, 0.05) is 16.3 Å².